The molecule has 2 saturated heterocycles. The number of fused-ring (bicyclic) bond motifs is 1. The van der Waals surface area contributed by atoms with E-state index in [-0.39, 0.29) is 31.1 Å². The molecule has 0 saturated carbocycles. The van der Waals surface area contributed by atoms with Crippen LogP contribution in [0.5, 0.6) is 0 Å². The molecular weight excluding hydrogens is 499 g/mol. The minimum absolute atomic E-state index is 0.0494. The number of halogens is 3. The van der Waals surface area contributed by atoms with Crippen LogP contribution < -0.4 is 5.32 Å². The van der Waals surface area contributed by atoms with Gasteiger partial charge in [-0.1, -0.05) is 24.3 Å². The summed E-state index contributed by atoms with van der Waals surface area (Å²) in [6.07, 6.45) is 1.74. The van der Waals surface area contributed by atoms with Crippen molar-refractivity contribution in [1.29, 1.82) is 0 Å². The van der Waals surface area contributed by atoms with Crippen molar-refractivity contribution in [2.24, 2.45) is 0 Å². The van der Waals surface area contributed by atoms with Crippen molar-refractivity contribution in [3.8, 4) is 0 Å². The number of carbonyl (C=O) groups excluding carboxylic acids is 2. The number of likely N-dealkylation sites (tertiary alicyclic amines) is 2. The molecule has 38 heavy (non-hydrogen) atoms. The predicted octanol–water partition coefficient (Wildman–Crippen LogP) is 2.52. The number of aliphatic hydroxyl groups excluding tert-OH is 1. The largest absolute Gasteiger partial charge is 0.390 e. The van der Waals surface area contributed by atoms with Gasteiger partial charge in [-0.15, -0.1) is 0 Å². The zero-order chi connectivity index (χ0) is 27.0. The number of hydrogen-bond acceptors (Lipinski definition) is 6. The van der Waals surface area contributed by atoms with Crippen molar-refractivity contribution in [2.75, 3.05) is 38.0 Å². The lowest BCUT2D eigenvalue weighted by Crippen LogP contribution is -2.56. The molecule has 1 aromatic carbocycles. The van der Waals surface area contributed by atoms with Gasteiger partial charge in [-0.05, 0) is 36.5 Å². The molecular formula is C27H32F3N5O3. The Morgan fingerprint density at radius 3 is 2.53 bits per heavy atom. The summed E-state index contributed by atoms with van der Waals surface area (Å²) in [6, 6.07) is 7.91. The lowest BCUT2D eigenvalue weighted by atomic mass is 9.94. The van der Waals surface area contributed by atoms with E-state index in [0.29, 0.717) is 13.0 Å². The van der Waals surface area contributed by atoms with Crippen molar-refractivity contribution < 1.29 is 27.9 Å². The smallest absolute Gasteiger partial charge is 0.285 e. The van der Waals surface area contributed by atoms with Crippen molar-refractivity contribution in [3.05, 3.63) is 59.0 Å². The van der Waals surface area contributed by atoms with E-state index >= 15 is 4.39 Å². The molecule has 0 spiro atoms. The minimum Gasteiger partial charge on any atom is -0.390 e. The highest BCUT2D eigenvalue weighted by molar-refractivity contribution is 5.95. The van der Waals surface area contributed by atoms with Gasteiger partial charge in [0.2, 0.25) is 5.91 Å². The fourth-order valence-electron chi connectivity index (χ4n) is 5.76. The average molecular weight is 532 g/mol. The van der Waals surface area contributed by atoms with Crippen LogP contribution in [-0.4, -0.2) is 93.4 Å². The topological polar surface area (TPSA) is 89.0 Å². The van der Waals surface area contributed by atoms with Crippen LogP contribution in [0.15, 0.2) is 36.5 Å². The normalized spacial score (nSPS) is 25.6. The third-order valence-electron chi connectivity index (χ3n) is 7.94. The lowest BCUT2D eigenvalue weighted by Gasteiger charge is -2.43. The second-order valence-corrected chi connectivity index (χ2v) is 10.4. The molecule has 2 fully saturated rings. The molecule has 3 aliphatic heterocycles. The maximum absolute atomic E-state index is 15.3. The number of piperidine rings is 2. The maximum Gasteiger partial charge on any atom is 0.285 e. The van der Waals surface area contributed by atoms with Crippen LogP contribution in [0.4, 0.5) is 19.0 Å². The molecule has 204 valence electrons. The molecule has 3 aliphatic rings. The van der Waals surface area contributed by atoms with Gasteiger partial charge in [0.1, 0.15) is 0 Å². The molecule has 0 bridgehead atoms. The number of nitrogens with one attached hydrogen (secondary N) is 1. The maximum atomic E-state index is 15.3. The number of hydrogen-bond donors (Lipinski definition) is 2. The summed E-state index contributed by atoms with van der Waals surface area (Å²) in [5, 5.41) is 13.4. The second kappa shape index (κ2) is 10.5. The molecule has 4 heterocycles. The number of amides is 2. The number of carbonyl (C=O) groups is 2. The van der Waals surface area contributed by atoms with Crippen LogP contribution >= 0.6 is 0 Å². The highest BCUT2D eigenvalue weighted by Gasteiger charge is 2.46. The van der Waals surface area contributed by atoms with Gasteiger partial charge >= 0.3 is 0 Å². The Morgan fingerprint density at radius 2 is 1.82 bits per heavy atom. The molecule has 1 unspecified atom stereocenters. The molecule has 2 amide bonds. The molecule has 8 nitrogen and oxygen atoms in total. The second-order valence-electron chi connectivity index (χ2n) is 10.4. The lowest BCUT2D eigenvalue weighted by molar-refractivity contribution is -0.140. The molecule has 2 aromatic rings. The summed E-state index contributed by atoms with van der Waals surface area (Å²) in [4.78, 5) is 33.3. The third kappa shape index (κ3) is 5.22. The highest BCUT2D eigenvalue weighted by Crippen LogP contribution is 2.31. The number of rotatable bonds is 4. The number of β-amino-alcohol motifs (C(OH)–C–C–N with tert-alkyl or cyclic N) is 1. The number of aromatic nitrogens is 1. The average Bonchev–Trinajstić information content (AvgIpc) is 2.89. The monoisotopic (exact) mass is 531 g/mol. The van der Waals surface area contributed by atoms with E-state index in [1.165, 1.54) is 35.2 Å². The summed E-state index contributed by atoms with van der Waals surface area (Å²) >= 11 is 0. The quantitative estimate of drug-likeness (QED) is 0.631. The van der Waals surface area contributed by atoms with Crippen LogP contribution in [0.2, 0.25) is 0 Å². The first-order chi connectivity index (χ1) is 18.1. The fourth-order valence-corrected chi connectivity index (χ4v) is 5.76. The van der Waals surface area contributed by atoms with E-state index in [0.717, 1.165) is 24.4 Å². The van der Waals surface area contributed by atoms with Gasteiger partial charge in [0.15, 0.2) is 11.6 Å². The van der Waals surface area contributed by atoms with Crippen LogP contribution in [0.3, 0.4) is 0 Å². The Bertz CT molecular complexity index is 1210. The van der Waals surface area contributed by atoms with Gasteiger partial charge in [0, 0.05) is 51.9 Å². The molecule has 0 aliphatic carbocycles. The van der Waals surface area contributed by atoms with Crippen molar-refractivity contribution in [1.82, 2.24) is 19.7 Å². The summed E-state index contributed by atoms with van der Waals surface area (Å²) < 4.78 is 44.6. The van der Waals surface area contributed by atoms with Gasteiger partial charge in [-0.25, -0.2) is 18.2 Å². The number of nitrogens with zero attached hydrogens (tertiary/aromatic N) is 4. The Morgan fingerprint density at radius 1 is 1.08 bits per heavy atom. The molecule has 11 heteroatoms. The predicted molar refractivity (Wildman–Crippen MR) is 134 cm³/mol. The van der Waals surface area contributed by atoms with Gasteiger partial charge in [0.05, 0.1) is 24.3 Å². The molecule has 5 rings (SSSR count). The summed E-state index contributed by atoms with van der Waals surface area (Å²) in [5.41, 5.74) is 2.26. The number of aliphatic hydroxyl groups is 1. The SMILES string of the molecule is CC(=O)N1CCC(Nc2nccc(C(=O)N3CC[C@H](N4CCc5ccccc5C4)[C@@H](O)C3)c2F)C(F)(F)C1. The van der Waals surface area contributed by atoms with Gasteiger partial charge in [-0.3, -0.25) is 14.5 Å². The van der Waals surface area contributed by atoms with E-state index in [2.05, 4.69) is 27.3 Å². The summed E-state index contributed by atoms with van der Waals surface area (Å²) in [6.45, 7) is 2.50. The number of alkyl halides is 2. The molecule has 3 atom stereocenters. The van der Waals surface area contributed by atoms with Crippen molar-refractivity contribution in [3.63, 3.8) is 0 Å². The third-order valence-corrected chi connectivity index (χ3v) is 7.94. The van der Waals surface area contributed by atoms with Gasteiger partial charge in [-0.2, -0.15) is 0 Å². The van der Waals surface area contributed by atoms with E-state index in [9.17, 15) is 23.5 Å². The first-order valence-electron chi connectivity index (χ1n) is 13.0. The van der Waals surface area contributed by atoms with Gasteiger partial charge < -0.3 is 20.2 Å². The summed E-state index contributed by atoms with van der Waals surface area (Å²) in [5.74, 6) is -5.80. The van der Waals surface area contributed by atoms with E-state index < -0.39 is 48.1 Å². The van der Waals surface area contributed by atoms with E-state index in [1.807, 2.05) is 12.1 Å². The fraction of sp³-hybridized carbons (Fsp3) is 0.519. The Balaban J connectivity index is 1.24. The van der Waals surface area contributed by atoms with Crippen LogP contribution in [0.1, 0.15) is 41.3 Å². The molecule has 0 radical (unpaired) electrons. The standard InChI is InChI=1S/C27H32F3N5O3/c1-17(36)35-13-9-23(27(29,30)16-35)32-25-24(28)20(6-10-31-25)26(38)34-12-8-21(22(37)15-34)33-11-7-18-4-2-3-5-19(18)14-33/h2-6,10,21-23,37H,7-9,11-16H2,1H3,(H,31,32)/t21-,22-,23?/m0/s1. The van der Waals surface area contributed by atoms with Gasteiger partial charge in [0.25, 0.3) is 11.8 Å². The molecule has 1 aromatic heterocycles. The molecule has 2 N–H and O–H groups in total. The minimum atomic E-state index is -3.29. The number of pyridine rings is 1. The van der Waals surface area contributed by atoms with Crippen LogP contribution in [0.25, 0.3) is 0 Å². The Kier molecular flexibility index (Phi) is 7.32. The van der Waals surface area contributed by atoms with Crippen LogP contribution in [0, 0.1) is 5.82 Å². The summed E-state index contributed by atoms with van der Waals surface area (Å²) in [7, 11) is 0. The van der Waals surface area contributed by atoms with E-state index in [1.54, 1.807) is 0 Å². The van der Waals surface area contributed by atoms with E-state index in [4.69, 9.17) is 0 Å². The highest BCUT2D eigenvalue weighted by atomic mass is 19.3. The van der Waals surface area contributed by atoms with Crippen molar-refractivity contribution >= 4 is 17.6 Å². The van der Waals surface area contributed by atoms with Crippen LogP contribution in [-0.2, 0) is 17.8 Å². The zero-order valence-electron chi connectivity index (χ0n) is 21.2. The first-order valence-corrected chi connectivity index (χ1v) is 13.0. The first kappa shape index (κ1) is 26.4. The number of anilines is 1. The van der Waals surface area contributed by atoms with Crippen molar-refractivity contribution in [2.45, 2.75) is 56.8 Å². The number of benzene rings is 1. The Labute approximate surface area is 219 Å². The Hall–Kier alpha value is -3.18. The zero-order valence-corrected chi connectivity index (χ0v) is 21.2.